The number of carbonyl (C=O) groups excluding carboxylic acids is 2. The van der Waals surface area contributed by atoms with Gasteiger partial charge in [0, 0.05) is 27.4 Å². The van der Waals surface area contributed by atoms with Crippen LogP contribution in [0.2, 0.25) is 0 Å². The van der Waals surface area contributed by atoms with Crippen LogP contribution in [0.5, 0.6) is 0 Å². The van der Waals surface area contributed by atoms with Crippen LogP contribution in [-0.2, 0) is 9.59 Å². The fourth-order valence-electron chi connectivity index (χ4n) is 3.88. The Morgan fingerprint density at radius 2 is 1.70 bits per heavy atom. The zero-order chi connectivity index (χ0) is 23.2. The van der Waals surface area contributed by atoms with Crippen molar-refractivity contribution in [1.82, 2.24) is 4.98 Å². The van der Waals surface area contributed by atoms with Gasteiger partial charge in [-0.3, -0.25) is 9.59 Å². The van der Waals surface area contributed by atoms with Crippen LogP contribution in [0.1, 0.15) is 44.6 Å². The highest BCUT2D eigenvalue weighted by molar-refractivity contribution is 8.00. The molecule has 4 rings (SSSR count). The van der Waals surface area contributed by atoms with E-state index in [1.807, 2.05) is 48.7 Å². The van der Waals surface area contributed by atoms with Gasteiger partial charge in [-0.25, -0.2) is 4.98 Å². The second-order valence-corrected chi connectivity index (χ2v) is 10.8. The Hall–Kier alpha value is -2.64. The van der Waals surface area contributed by atoms with Crippen LogP contribution >= 0.6 is 23.1 Å². The van der Waals surface area contributed by atoms with Gasteiger partial charge in [0.2, 0.25) is 11.8 Å². The molecule has 7 heteroatoms. The molecular formula is C26H29N3O2S2. The van der Waals surface area contributed by atoms with Crippen LogP contribution < -0.4 is 10.6 Å². The maximum atomic E-state index is 12.7. The van der Waals surface area contributed by atoms with E-state index < -0.39 is 0 Å². The third-order valence-corrected chi connectivity index (χ3v) is 7.73. The summed E-state index contributed by atoms with van der Waals surface area (Å²) in [7, 11) is 0. The molecule has 0 bridgehead atoms. The number of aromatic nitrogens is 1. The van der Waals surface area contributed by atoms with Gasteiger partial charge in [-0.2, -0.15) is 0 Å². The maximum absolute atomic E-state index is 12.7. The molecule has 3 aromatic rings. The van der Waals surface area contributed by atoms with Gasteiger partial charge in [0.05, 0.1) is 10.9 Å². The lowest BCUT2D eigenvalue weighted by Gasteiger charge is -2.20. The number of rotatable bonds is 7. The van der Waals surface area contributed by atoms with E-state index >= 15 is 0 Å². The van der Waals surface area contributed by atoms with Crippen molar-refractivity contribution in [2.24, 2.45) is 5.92 Å². The molecule has 33 heavy (non-hydrogen) atoms. The minimum Gasteiger partial charge on any atom is -0.326 e. The Morgan fingerprint density at radius 1 is 1.00 bits per heavy atom. The normalized spacial score (nSPS) is 15.1. The highest BCUT2D eigenvalue weighted by atomic mass is 32.2. The Labute approximate surface area is 203 Å². The van der Waals surface area contributed by atoms with Gasteiger partial charge >= 0.3 is 0 Å². The number of hydrogen-bond donors (Lipinski definition) is 2. The molecule has 1 unspecified atom stereocenters. The first-order valence-corrected chi connectivity index (χ1v) is 13.1. The molecule has 0 aliphatic heterocycles. The van der Waals surface area contributed by atoms with Crippen LogP contribution in [0.25, 0.3) is 11.3 Å². The van der Waals surface area contributed by atoms with Gasteiger partial charge in [-0.1, -0.05) is 49.1 Å². The van der Waals surface area contributed by atoms with Crippen molar-refractivity contribution in [3.05, 3.63) is 59.5 Å². The molecule has 2 amide bonds. The summed E-state index contributed by atoms with van der Waals surface area (Å²) in [4.78, 5) is 30.6. The zero-order valence-electron chi connectivity index (χ0n) is 19.0. The maximum Gasteiger partial charge on any atom is 0.239 e. The first kappa shape index (κ1) is 23.5. The Bertz CT molecular complexity index is 1090. The smallest absolute Gasteiger partial charge is 0.239 e. The average molecular weight is 480 g/mol. The zero-order valence-corrected chi connectivity index (χ0v) is 20.6. The lowest BCUT2D eigenvalue weighted by Crippen LogP contribution is -2.24. The minimum absolute atomic E-state index is 0.0838. The van der Waals surface area contributed by atoms with Gasteiger partial charge in [-0.05, 0) is 51.0 Å². The number of nitrogens with one attached hydrogen (secondary N) is 2. The van der Waals surface area contributed by atoms with E-state index in [1.54, 1.807) is 0 Å². The summed E-state index contributed by atoms with van der Waals surface area (Å²) in [6.45, 7) is 3.93. The molecule has 2 N–H and O–H groups in total. The van der Waals surface area contributed by atoms with Gasteiger partial charge < -0.3 is 10.6 Å². The van der Waals surface area contributed by atoms with Crippen molar-refractivity contribution in [3.63, 3.8) is 0 Å². The number of carbonyl (C=O) groups is 2. The van der Waals surface area contributed by atoms with Crippen molar-refractivity contribution < 1.29 is 9.59 Å². The number of thiazole rings is 1. The van der Waals surface area contributed by atoms with Crippen molar-refractivity contribution >= 4 is 45.7 Å². The average Bonchev–Trinajstić information content (AvgIpc) is 3.29. The lowest BCUT2D eigenvalue weighted by atomic mass is 9.88. The fraction of sp³-hybridized carbons (Fsp3) is 0.346. The minimum atomic E-state index is -0.278. The number of benzene rings is 2. The summed E-state index contributed by atoms with van der Waals surface area (Å²) in [5.41, 5.74) is 3.91. The fourth-order valence-corrected chi connectivity index (χ4v) is 5.47. The van der Waals surface area contributed by atoms with E-state index in [4.69, 9.17) is 0 Å². The monoisotopic (exact) mass is 479 g/mol. The van der Waals surface area contributed by atoms with E-state index in [1.165, 1.54) is 35.1 Å². The number of anilines is 2. The molecule has 1 aliphatic rings. The van der Waals surface area contributed by atoms with Crippen LogP contribution in [0, 0.1) is 12.8 Å². The summed E-state index contributed by atoms with van der Waals surface area (Å²) in [6, 6.07) is 15.9. The predicted molar refractivity (Wildman–Crippen MR) is 138 cm³/mol. The van der Waals surface area contributed by atoms with Gasteiger partial charge in [0.25, 0.3) is 0 Å². The Balaban J connectivity index is 1.29. The van der Waals surface area contributed by atoms with E-state index in [9.17, 15) is 9.59 Å². The summed E-state index contributed by atoms with van der Waals surface area (Å²) in [6.07, 6.45) is 5.48. The van der Waals surface area contributed by atoms with Crippen molar-refractivity contribution in [2.45, 2.75) is 56.1 Å². The SMILES string of the molecule is Cc1ccc(-c2csc(NC(=O)C(C)Sc3ccc(NC(=O)C4CCCCC4)cc3)n2)cc1. The molecule has 1 aliphatic carbocycles. The summed E-state index contributed by atoms with van der Waals surface area (Å²) in [5.74, 6) is 0.171. The molecule has 0 spiro atoms. The van der Waals surface area contributed by atoms with Gasteiger partial charge in [0.15, 0.2) is 5.13 Å². The van der Waals surface area contributed by atoms with Crippen LogP contribution in [-0.4, -0.2) is 22.0 Å². The third-order valence-electron chi connectivity index (χ3n) is 5.86. The second kappa shape index (κ2) is 11.0. The van der Waals surface area contributed by atoms with Crippen molar-refractivity contribution in [1.29, 1.82) is 0 Å². The third kappa shape index (κ3) is 6.45. The van der Waals surface area contributed by atoms with Crippen LogP contribution in [0.4, 0.5) is 10.8 Å². The second-order valence-electron chi connectivity index (χ2n) is 8.50. The van der Waals surface area contributed by atoms with Crippen molar-refractivity contribution in [3.8, 4) is 11.3 Å². The highest BCUT2D eigenvalue weighted by Crippen LogP contribution is 2.29. The van der Waals surface area contributed by atoms with E-state index in [0.29, 0.717) is 5.13 Å². The molecule has 172 valence electrons. The summed E-state index contributed by atoms with van der Waals surface area (Å²) in [5, 5.41) is 8.24. The molecule has 1 aromatic heterocycles. The van der Waals surface area contributed by atoms with Crippen LogP contribution in [0.3, 0.4) is 0 Å². The lowest BCUT2D eigenvalue weighted by molar-refractivity contribution is -0.120. The predicted octanol–water partition coefficient (Wildman–Crippen LogP) is 6.76. The molecular weight excluding hydrogens is 450 g/mol. The van der Waals surface area contributed by atoms with Crippen molar-refractivity contribution in [2.75, 3.05) is 10.6 Å². The largest absolute Gasteiger partial charge is 0.326 e. The standard InChI is InChI=1S/C26H29N3O2S2/c1-17-8-10-19(11-9-17)23-16-32-26(28-23)29-24(30)18(2)33-22-14-12-21(13-15-22)27-25(31)20-6-4-3-5-7-20/h8-16,18,20H,3-7H2,1-2H3,(H,27,31)(H,28,29,30). The number of aryl methyl sites for hydroxylation is 1. The highest BCUT2D eigenvalue weighted by Gasteiger charge is 2.21. The molecule has 1 atom stereocenters. The molecule has 1 heterocycles. The van der Waals surface area contributed by atoms with Gasteiger partial charge in [-0.15, -0.1) is 23.1 Å². The topological polar surface area (TPSA) is 71.1 Å². The Morgan fingerprint density at radius 3 is 2.39 bits per heavy atom. The Kier molecular flexibility index (Phi) is 7.83. The summed E-state index contributed by atoms with van der Waals surface area (Å²) >= 11 is 2.91. The first-order valence-electron chi connectivity index (χ1n) is 11.4. The first-order chi connectivity index (χ1) is 16.0. The van der Waals surface area contributed by atoms with Crippen LogP contribution in [0.15, 0.2) is 58.8 Å². The molecule has 0 saturated heterocycles. The number of thioether (sulfide) groups is 1. The molecule has 5 nitrogen and oxygen atoms in total. The summed E-state index contributed by atoms with van der Waals surface area (Å²) < 4.78 is 0. The number of hydrogen-bond acceptors (Lipinski definition) is 5. The molecule has 2 aromatic carbocycles. The van der Waals surface area contributed by atoms with Gasteiger partial charge in [0.1, 0.15) is 0 Å². The van der Waals surface area contributed by atoms with E-state index in [2.05, 4.69) is 34.7 Å². The number of nitrogens with zero attached hydrogens (tertiary/aromatic N) is 1. The number of amides is 2. The van der Waals surface area contributed by atoms with E-state index in [0.717, 1.165) is 47.5 Å². The van der Waals surface area contributed by atoms with E-state index in [-0.39, 0.29) is 23.0 Å². The molecule has 0 radical (unpaired) electrons. The quantitative estimate of drug-likeness (QED) is 0.367. The molecule has 1 saturated carbocycles. The molecule has 1 fully saturated rings.